The van der Waals surface area contributed by atoms with E-state index < -0.39 is 11.6 Å². The van der Waals surface area contributed by atoms with Gasteiger partial charge in [-0.25, -0.2) is 4.68 Å². The van der Waals surface area contributed by atoms with Crippen molar-refractivity contribution >= 4 is 17.2 Å². The maximum absolute atomic E-state index is 12.8. The minimum Gasteiger partial charge on any atom is -0.467 e. The van der Waals surface area contributed by atoms with E-state index in [4.69, 9.17) is 8.94 Å². The summed E-state index contributed by atoms with van der Waals surface area (Å²) in [5.74, 6) is 0.745. The van der Waals surface area contributed by atoms with E-state index in [1.54, 1.807) is 32.0 Å². The molecule has 0 aromatic carbocycles. The summed E-state index contributed by atoms with van der Waals surface area (Å²) in [6.07, 6.45) is 1.54. The molecule has 0 aliphatic heterocycles. The minimum atomic E-state index is -0.804. The van der Waals surface area contributed by atoms with Gasteiger partial charge in [-0.1, -0.05) is 11.2 Å². The molecule has 9 heteroatoms. The lowest BCUT2D eigenvalue weighted by Crippen LogP contribution is -2.36. The molecule has 4 aromatic rings. The van der Waals surface area contributed by atoms with Gasteiger partial charge in [0, 0.05) is 12.1 Å². The van der Waals surface area contributed by atoms with Crippen LogP contribution in [0.3, 0.4) is 0 Å². The van der Waals surface area contributed by atoms with E-state index in [2.05, 4.69) is 15.6 Å². The Kier molecular flexibility index (Phi) is 5.13. The second kappa shape index (κ2) is 7.88. The van der Waals surface area contributed by atoms with Gasteiger partial charge in [-0.3, -0.25) is 9.59 Å². The van der Waals surface area contributed by atoms with Crippen molar-refractivity contribution in [1.82, 2.24) is 20.3 Å². The van der Waals surface area contributed by atoms with Crippen molar-refractivity contribution in [2.75, 3.05) is 0 Å². The molecular formula is C20H18N4O4S. The number of hydrogen-bond acceptors (Lipinski definition) is 7. The first-order valence-electron chi connectivity index (χ1n) is 8.94. The molecule has 0 aliphatic rings. The second-order valence-electron chi connectivity index (χ2n) is 6.47. The Morgan fingerprint density at radius 1 is 1.31 bits per heavy atom. The molecule has 1 unspecified atom stereocenters. The van der Waals surface area contributed by atoms with E-state index in [9.17, 15) is 9.59 Å². The molecule has 0 spiro atoms. The van der Waals surface area contributed by atoms with Crippen LogP contribution in [0.15, 0.2) is 61.8 Å². The van der Waals surface area contributed by atoms with Crippen molar-refractivity contribution in [2.45, 2.75) is 26.4 Å². The van der Waals surface area contributed by atoms with Gasteiger partial charge in [0.2, 0.25) is 5.91 Å². The van der Waals surface area contributed by atoms with Gasteiger partial charge >= 0.3 is 0 Å². The second-order valence-corrected chi connectivity index (χ2v) is 7.42. The third kappa shape index (κ3) is 3.90. The number of thiophene rings is 1. The van der Waals surface area contributed by atoms with Crippen molar-refractivity contribution in [3.63, 3.8) is 0 Å². The molecule has 0 bridgehead atoms. The van der Waals surface area contributed by atoms with Gasteiger partial charge < -0.3 is 14.3 Å². The molecule has 8 nitrogen and oxygen atoms in total. The number of nitrogens with one attached hydrogen (secondary N) is 1. The zero-order valence-corrected chi connectivity index (χ0v) is 16.6. The number of carbonyl (C=O) groups is 1. The fourth-order valence-electron chi connectivity index (χ4n) is 2.87. The number of hydrogen-bond donors (Lipinski definition) is 1. The summed E-state index contributed by atoms with van der Waals surface area (Å²) in [5.41, 5.74) is 1.39. The summed E-state index contributed by atoms with van der Waals surface area (Å²) < 4.78 is 11.7. The average Bonchev–Trinajstić information content (AvgIpc) is 3.47. The minimum absolute atomic E-state index is 0.234. The molecule has 4 aromatic heterocycles. The average molecular weight is 410 g/mol. The maximum atomic E-state index is 12.8. The van der Waals surface area contributed by atoms with Crippen LogP contribution in [-0.4, -0.2) is 20.8 Å². The van der Waals surface area contributed by atoms with Crippen LogP contribution >= 0.6 is 11.3 Å². The van der Waals surface area contributed by atoms with Gasteiger partial charge in [-0.2, -0.15) is 5.10 Å². The fourth-order valence-corrected chi connectivity index (χ4v) is 3.59. The van der Waals surface area contributed by atoms with E-state index in [-0.39, 0.29) is 12.5 Å². The van der Waals surface area contributed by atoms with Gasteiger partial charge in [0.1, 0.15) is 17.5 Å². The van der Waals surface area contributed by atoms with Crippen LogP contribution in [0.5, 0.6) is 0 Å². The number of rotatable bonds is 6. The van der Waals surface area contributed by atoms with Crippen LogP contribution < -0.4 is 10.9 Å². The van der Waals surface area contributed by atoms with Gasteiger partial charge in [-0.15, -0.1) is 11.3 Å². The molecule has 1 amide bonds. The molecule has 1 atom stereocenters. The molecule has 148 valence electrons. The summed E-state index contributed by atoms with van der Waals surface area (Å²) in [7, 11) is 0. The molecule has 4 heterocycles. The number of nitrogens with zero attached hydrogens (tertiary/aromatic N) is 3. The topological polar surface area (TPSA) is 103 Å². The van der Waals surface area contributed by atoms with Crippen molar-refractivity contribution in [3.05, 3.63) is 69.8 Å². The molecule has 0 aliphatic carbocycles. The van der Waals surface area contributed by atoms with Gasteiger partial charge in [0.25, 0.3) is 5.56 Å². The largest absolute Gasteiger partial charge is 0.467 e. The lowest BCUT2D eigenvalue weighted by Gasteiger charge is -2.15. The Hall–Kier alpha value is -3.46. The lowest BCUT2D eigenvalue weighted by molar-refractivity contribution is -0.124. The van der Waals surface area contributed by atoms with E-state index in [0.717, 1.165) is 4.88 Å². The first-order chi connectivity index (χ1) is 14.0. The Balaban J connectivity index is 1.69. The fraction of sp³-hybridized carbons (Fsp3) is 0.200. The predicted molar refractivity (Wildman–Crippen MR) is 107 cm³/mol. The highest BCUT2D eigenvalue weighted by Crippen LogP contribution is 2.32. The smallest absolute Gasteiger partial charge is 0.268 e. The number of amides is 1. The molecule has 29 heavy (non-hydrogen) atoms. The van der Waals surface area contributed by atoms with Gasteiger partial charge in [-0.05, 0) is 37.4 Å². The van der Waals surface area contributed by atoms with Crippen molar-refractivity contribution in [1.29, 1.82) is 0 Å². The first-order valence-corrected chi connectivity index (χ1v) is 9.82. The Morgan fingerprint density at radius 3 is 2.83 bits per heavy atom. The van der Waals surface area contributed by atoms with Crippen LogP contribution in [0.25, 0.3) is 21.9 Å². The third-order valence-corrected chi connectivity index (χ3v) is 5.24. The molecular weight excluding hydrogens is 392 g/mol. The molecule has 0 fully saturated rings. The highest BCUT2D eigenvalue weighted by molar-refractivity contribution is 7.13. The molecule has 1 N–H and O–H groups in total. The Labute approximate surface area is 169 Å². The zero-order valence-electron chi connectivity index (χ0n) is 15.8. The van der Waals surface area contributed by atoms with E-state index in [1.807, 2.05) is 17.5 Å². The number of furan rings is 1. The highest BCUT2D eigenvalue weighted by Gasteiger charge is 2.22. The predicted octanol–water partition coefficient (Wildman–Crippen LogP) is 3.41. The molecule has 4 rings (SSSR count). The van der Waals surface area contributed by atoms with Gasteiger partial charge in [0.15, 0.2) is 5.76 Å². The summed E-state index contributed by atoms with van der Waals surface area (Å²) in [6.45, 7) is 3.67. The van der Waals surface area contributed by atoms with Crippen LogP contribution in [0.2, 0.25) is 0 Å². The summed E-state index contributed by atoms with van der Waals surface area (Å²) in [6, 6.07) is 9.67. The highest BCUT2D eigenvalue weighted by atomic mass is 32.1. The number of aromatic nitrogens is 3. The van der Waals surface area contributed by atoms with E-state index >= 15 is 0 Å². The number of carbonyl (C=O) groups excluding carboxylic acids is 1. The van der Waals surface area contributed by atoms with Crippen molar-refractivity contribution in [2.24, 2.45) is 0 Å². The van der Waals surface area contributed by atoms with Crippen molar-refractivity contribution < 1.29 is 13.7 Å². The molecule has 0 radical (unpaired) electrons. The van der Waals surface area contributed by atoms with E-state index in [1.165, 1.54) is 28.3 Å². The normalized spacial score (nSPS) is 12.1. The standard InChI is InChI=1S/C20H18N4O4S/c1-12-9-16(28-23-12)15-10-18(25)24(22-19(15)17-6-4-8-29-17)13(2)20(26)21-11-14-5-3-7-27-14/h3-10,13H,11H2,1-2H3,(H,21,26). The Morgan fingerprint density at radius 2 is 2.17 bits per heavy atom. The SMILES string of the molecule is Cc1cc(-c2cc(=O)n(C(C)C(=O)NCc3ccco3)nc2-c2cccs2)on1. The van der Waals surface area contributed by atoms with Crippen LogP contribution in [0, 0.1) is 6.92 Å². The summed E-state index contributed by atoms with van der Waals surface area (Å²) in [5, 5.41) is 13.1. The molecule has 0 saturated carbocycles. The quantitative estimate of drug-likeness (QED) is 0.522. The maximum Gasteiger partial charge on any atom is 0.268 e. The first kappa shape index (κ1) is 18.9. The van der Waals surface area contributed by atoms with E-state index in [0.29, 0.717) is 28.5 Å². The zero-order chi connectivity index (χ0) is 20.4. The number of aryl methyl sites for hydroxylation is 1. The monoisotopic (exact) mass is 410 g/mol. The van der Waals surface area contributed by atoms with Gasteiger partial charge in [0.05, 0.1) is 28.9 Å². The summed E-state index contributed by atoms with van der Waals surface area (Å²) in [4.78, 5) is 26.2. The van der Waals surface area contributed by atoms with Crippen LogP contribution in [0.4, 0.5) is 0 Å². The summed E-state index contributed by atoms with van der Waals surface area (Å²) >= 11 is 1.48. The van der Waals surface area contributed by atoms with Crippen molar-refractivity contribution in [3.8, 4) is 21.9 Å². The van der Waals surface area contributed by atoms with Crippen LogP contribution in [-0.2, 0) is 11.3 Å². The molecule has 0 saturated heterocycles. The Bertz CT molecular complexity index is 1180. The van der Waals surface area contributed by atoms with Crippen LogP contribution in [0.1, 0.15) is 24.4 Å². The third-order valence-electron chi connectivity index (χ3n) is 4.37. The lowest BCUT2D eigenvalue weighted by atomic mass is 10.1.